The summed E-state index contributed by atoms with van der Waals surface area (Å²) in [5, 5.41) is 23.1. The smallest absolute Gasteiger partial charge is 0.308 e. The zero-order valence-electron chi connectivity index (χ0n) is 16.0. The van der Waals surface area contributed by atoms with Crippen LogP contribution in [0.25, 0.3) is 22.3 Å². The molecule has 0 aliphatic heterocycles. The Hall–Kier alpha value is -3.54. The number of carboxylic acid groups (broad SMARTS) is 1. The number of nitriles is 1. The molecule has 2 bridgehead atoms. The van der Waals surface area contributed by atoms with Gasteiger partial charge in [-0.25, -0.2) is 19.3 Å². The van der Waals surface area contributed by atoms with E-state index >= 15 is 0 Å². The molecule has 0 radical (unpaired) electrons. The van der Waals surface area contributed by atoms with Crippen LogP contribution in [0.1, 0.15) is 31.2 Å². The fourth-order valence-electron chi connectivity index (χ4n) is 5.11. The summed E-state index contributed by atoms with van der Waals surface area (Å²) in [7, 11) is 0. The molecule has 2 atom stereocenters. The fourth-order valence-corrected chi connectivity index (χ4v) is 5.11. The molecule has 0 saturated heterocycles. The molecule has 0 spiro atoms. The molecule has 0 unspecified atom stereocenters. The second kappa shape index (κ2) is 7.06. The summed E-state index contributed by atoms with van der Waals surface area (Å²) in [5.74, 6) is -1.87. The van der Waals surface area contributed by atoms with E-state index in [9.17, 15) is 19.6 Å². The number of carboxylic acids is 1. The van der Waals surface area contributed by atoms with Gasteiger partial charge in [0.15, 0.2) is 11.6 Å². The monoisotopic (exact) mass is 406 g/mol. The number of nitrogens with zero attached hydrogens (tertiary/aromatic N) is 4. The summed E-state index contributed by atoms with van der Waals surface area (Å²) in [6.45, 7) is 0. The van der Waals surface area contributed by atoms with Crippen molar-refractivity contribution in [3.05, 3.63) is 36.2 Å². The maximum absolute atomic E-state index is 14.8. The Balaban J connectivity index is 1.57. The predicted molar refractivity (Wildman–Crippen MR) is 106 cm³/mol. The van der Waals surface area contributed by atoms with Crippen LogP contribution in [0.15, 0.2) is 24.8 Å². The first-order valence-electron chi connectivity index (χ1n) is 9.94. The van der Waals surface area contributed by atoms with Gasteiger partial charge in [0.2, 0.25) is 0 Å². The van der Waals surface area contributed by atoms with Crippen LogP contribution in [-0.2, 0) is 4.79 Å². The number of hydrogen-bond acceptors (Lipinski definition) is 6. The first-order chi connectivity index (χ1) is 14.6. The summed E-state index contributed by atoms with van der Waals surface area (Å²) in [4.78, 5) is 27.5. The number of aliphatic carboxylic acids is 1. The molecule has 3 fully saturated rings. The number of nitrogens with one attached hydrogen (secondary N) is 2. The Morgan fingerprint density at radius 2 is 2.07 bits per heavy atom. The molecule has 9 heteroatoms. The van der Waals surface area contributed by atoms with E-state index in [2.05, 4.69) is 25.3 Å². The van der Waals surface area contributed by atoms with Crippen molar-refractivity contribution in [2.24, 2.45) is 17.8 Å². The highest BCUT2D eigenvalue weighted by atomic mass is 19.1. The van der Waals surface area contributed by atoms with Crippen LogP contribution < -0.4 is 5.32 Å². The number of aromatic nitrogens is 4. The van der Waals surface area contributed by atoms with E-state index in [1.54, 1.807) is 12.4 Å². The Labute approximate surface area is 171 Å². The van der Waals surface area contributed by atoms with Crippen LogP contribution in [0.5, 0.6) is 0 Å². The topological polar surface area (TPSA) is 128 Å². The molecule has 3 heterocycles. The highest BCUT2D eigenvalue weighted by molar-refractivity contribution is 5.93. The van der Waals surface area contributed by atoms with Gasteiger partial charge in [0, 0.05) is 29.4 Å². The number of pyridine rings is 1. The van der Waals surface area contributed by atoms with Crippen molar-refractivity contribution in [2.45, 2.75) is 31.7 Å². The van der Waals surface area contributed by atoms with Crippen molar-refractivity contribution in [3.63, 3.8) is 0 Å². The Morgan fingerprint density at radius 1 is 1.30 bits per heavy atom. The Kier molecular flexibility index (Phi) is 4.35. The van der Waals surface area contributed by atoms with Gasteiger partial charge in [0.25, 0.3) is 0 Å². The van der Waals surface area contributed by atoms with E-state index in [0.29, 0.717) is 22.3 Å². The molecule has 0 aromatic carbocycles. The van der Waals surface area contributed by atoms with Crippen LogP contribution >= 0.6 is 0 Å². The average Bonchev–Trinajstić information content (AvgIpc) is 3.19. The molecule has 152 valence electrons. The maximum atomic E-state index is 14.8. The van der Waals surface area contributed by atoms with E-state index in [-0.39, 0.29) is 29.3 Å². The molecular formula is C21H19FN6O2. The number of aromatic amines is 1. The lowest BCUT2D eigenvalue weighted by Crippen LogP contribution is -2.51. The Bertz CT molecular complexity index is 1180. The van der Waals surface area contributed by atoms with Gasteiger partial charge in [-0.3, -0.25) is 4.79 Å². The van der Waals surface area contributed by atoms with E-state index in [4.69, 9.17) is 0 Å². The zero-order valence-corrected chi connectivity index (χ0v) is 16.0. The molecule has 8 nitrogen and oxygen atoms in total. The van der Waals surface area contributed by atoms with Crippen molar-refractivity contribution in [1.82, 2.24) is 19.9 Å². The highest BCUT2D eigenvalue weighted by Crippen LogP contribution is 2.46. The summed E-state index contributed by atoms with van der Waals surface area (Å²) in [6.07, 6.45) is 8.31. The second-order valence-corrected chi connectivity index (χ2v) is 8.02. The Morgan fingerprint density at radius 3 is 2.80 bits per heavy atom. The number of H-pyrrole nitrogens is 1. The van der Waals surface area contributed by atoms with Gasteiger partial charge in [-0.05, 0) is 43.6 Å². The van der Waals surface area contributed by atoms with Crippen LogP contribution in [0.3, 0.4) is 0 Å². The highest BCUT2D eigenvalue weighted by Gasteiger charge is 2.47. The molecule has 3 aliphatic carbocycles. The molecule has 6 rings (SSSR count). The van der Waals surface area contributed by atoms with Crippen LogP contribution in [0.2, 0.25) is 0 Å². The largest absolute Gasteiger partial charge is 0.481 e. The molecule has 3 aromatic rings. The van der Waals surface area contributed by atoms with Gasteiger partial charge in [-0.2, -0.15) is 5.26 Å². The van der Waals surface area contributed by atoms with Crippen molar-refractivity contribution in [1.29, 1.82) is 5.26 Å². The fraction of sp³-hybridized carbons (Fsp3) is 0.381. The van der Waals surface area contributed by atoms with Gasteiger partial charge in [-0.1, -0.05) is 0 Å². The SMILES string of the molecule is N#Cc1cc(F)c(N[C@H]2C3CCC(CC3)[C@@H]2C(=O)O)nc1-c1c[nH]c2ncncc12. The predicted octanol–water partition coefficient (Wildman–Crippen LogP) is 3.33. The first-order valence-corrected chi connectivity index (χ1v) is 9.94. The van der Waals surface area contributed by atoms with Gasteiger partial charge < -0.3 is 15.4 Å². The first kappa shape index (κ1) is 18.5. The summed E-state index contributed by atoms with van der Waals surface area (Å²) in [5.41, 5.74) is 1.56. The molecule has 3 aromatic heterocycles. The lowest BCUT2D eigenvalue weighted by atomic mass is 9.61. The van der Waals surface area contributed by atoms with E-state index in [0.717, 1.165) is 31.7 Å². The number of rotatable bonds is 4. The molecule has 3 saturated carbocycles. The third-order valence-corrected chi connectivity index (χ3v) is 6.51. The minimum Gasteiger partial charge on any atom is -0.481 e. The molecule has 0 amide bonds. The van der Waals surface area contributed by atoms with Gasteiger partial charge in [0.05, 0.1) is 17.2 Å². The lowest BCUT2D eigenvalue weighted by molar-refractivity contribution is -0.148. The average molecular weight is 406 g/mol. The summed E-state index contributed by atoms with van der Waals surface area (Å²) < 4.78 is 14.8. The standard InChI is InChI=1S/C21H19FN6O2/c22-15-5-12(6-23)17(13-8-25-19-14(13)7-24-9-26-19)27-20(15)28-18-11-3-1-10(2-4-11)16(18)21(29)30/h5,7-11,16,18H,1-4H2,(H,27,28)(H,29,30)(H,24,25,26)/t10?,11?,16-,18-/m0/s1. The normalized spacial score (nSPS) is 25.2. The number of halogens is 1. The number of hydrogen-bond donors (Lipinski definition) is 3. The second-order valence-electron chi connectivity index (χ2n) is 8.02. The van der Waals surface area contributed by atoms with Crippen molar-refractivity contribution in [2.75, 3.05) is 5.32 Å². The van der Waals surface area contributed by atoms with Crippen LogP contribution in [0, 0.1) is 34.9 Å². The molecule has 3 N–H and O–H groups in total. The quantitative estimate of drug-likeness (QED) is 0.606. The summed E-state index contributed by atoms with van der Waals surface area (Å²) in [6, 6.07) is 2.75. The van der Waals surface area contributed by atoms with Crippen LogP contribution in [-0.4, -0.2) is 37.1 Å². The van der Waals surface area contributed by atoms with E-state index in [1.807, 2.05) is 6.07 Å². The van der Waals surface area contributed by atoms with Gasteiger partial charge in [-0.15, -0.1) is 0 Å². The van der Waals surface area contributed by atoms with Crippen molar-refractivity contribution >= 4 is 22.8 Å². The minimum absolute atomic E-state index is 0.0287. The molecule has 30 heavy (non-hydrogen) atoms. The maximum Gasteiger partial charge on any atom is 0.308 e. The third kappa shape index (κ3) is 2.87. The van der Waals surface area contributed by atoms with E-state index in [1.165, 1.54) is 6.33 Å². The number of carbonyl (C=O) groups is 1. The summed E-state index contributed by atoms with van der Waals surface area (Å²) >= 11 is 0. The lowest BCUT2D eigenvalue weighted by Gasteiger charge is -2.47. The minimum atomic E-state index is -0.857. The molecule has 3 aliphatic rings. The van der Waals surface area contributed by atoms with Crippen LogP contribution in [0.4, 0.5) is 10.2 Å². The van der Waals surface area contributed by atoms with E-state index < -0.39 is 17.7 Å². The number of anilines is 1. The van der Waals surface area contributed by atoms with Gasteiger partial charge >= 0.3 is 5.97 Å². The number of fused-ring (bicyclic) bond motifs is 4. The van der Waals surface area contributed by atoms with Crippen molar-refractivity contribution < 1.29 is 14.3 Å². The van der Waals surface area contributed by atoms with Crippen molar-refractivity contribution in [3.8, 4) is 17.3 Å². The van der Waals surface area contributed by atoms with Gasteiger partial charge in [0.1, 0.15) is 18.0 Å². The molecular weight excluding hydrogens is 387 g/mol. The third-order valence-electron chi connectivity index (χ3n) is 6.51. The zero-order chi connectivity index (χ0) is 20.8.